The van der Waals surface area contributed by atoms with Crippen molar-refractivity contribution in [2.45, 2.75) is 6.54 Å². The SMILES string of the molecule is CN(Cc1cccc(-c2cc3ccccc3[nH]2)c1)c1ccccc1. The number of aromatic amines is 1. The van der Waals surface area contributed by atoms with Crippen LogP contribution in [-0.4, -0.2) is 12.0 Å². The Hall–Kier alpha value is -3.00. The summed E-state index contributed by atoms with van der Waals surface area (Å²) in [5.74, 6) is 0. The number of benzene rings is 3. The van der Waals surface area contributed by atoms with Crippen LogP contribution in [-0.2, 0) is 6.54 Å². The first-order chi connectivity index (χ1) is 11.8. The summed E-state index contributed by atoms with van der Waals surface area (Å²) in [5.41, 5.74) is 6.11. The van der Waals surface area contributed by atoms with Crippen LogP contribution in [0.5, 0.6) is 0 Å². The molecule has 0 saturated carbocycles. The Morgan fingerprint density at radius 3 is 2.42 bits per heavy atom. The van der Waals surface area contributed by atoms with Gasteiger partial charge in [-0.2, -0.15) is 0 Å². The van der Waals surface area contributed by atoms with Crippen molar-refractivity contribution in [3.8, 4) is 11.3 Å². The Morgan fingerprint density at radius 1 is 0.792 bits per heavy atom. The van der Waals surface area contributed by atoms with Crippen LogP contribution in [0, 0.1) is 0 Å². The van der Waals surface area contributed by atoms with Gasteiger partial charge in [0.2, 0.25) is 0 Å². The molecular weight excluding hydrogens is 292 g/mol. The minimum Gasteiger partial charge on any atom is -0.370 e. The van der Waals surface area contributed by atoms with E-state index in [1.165, 1.54) is 33.4 Å². The van der Waals surface area contributed by atoms with Crippen LogP contribution < -0.4 is 4.90 Å². The Balaban J connectivity index is 1.61. The van der Waals surface area contributed by atoms with Crippen molar-refractivity contribution in [2.75, 3.05) is 11.9 Å². The van der Waals surface area contributed by atoms with Crippen molar-refractivity contribution in [3.05, 3.63) is 90.5 Å². The third kappa shape index (κ3) is 2.91. The first-order valence-electron chi connectivity index (χ1n) is 8.23. The lowest BCUT2D eigenvalue weighted by molar-refractivity contribution is 0.923. The molecule has 4 rings (SSSR count). The minimum atomic E-state index is 0.887. The molecule has 1 heterocycles. The second-order valence-corrected chi connectivity index (χ2v) is 6.16. The summed E-state index contributed by atoms with van der Waals surface area (Å²) in [6.07, 6.45) is 0. The second-order valence-electron chi connectivity index (χ2n) is 6.16. The molecule has 0 unspecified atom stereocenters. The van der Waals surface area contributed by atoms with Gasteiger partial charge in [0, 0.05) is 35.9 Å². The largest absolute Gasteiger partial charge is 0.370 e. The quantitative estimate of drug-likeness (QED) is 0.529. The predicted octanol–water partition coefficient (Wildman–Crippen LogP) is 5.47. The first kappa shape index (κ1) is 14.6. The van der Waals surface area contributed by atoms with Gasteiger partial charge in [-0.25, -0.2) is 0 Å². The molecule has 1 N–H and O–H groups in total. The molecule has 0 fully saturated rings. The normalized spacial score (nSPS) is 10.9. The standard InChI is InChI=1S/C22H20N2/c1-24(20-11-3-2-4-12-20)16-17-8-7-10-18(14-17)22-15-19-9-5-6-13-21(19)23-22/h2-15,23H,16H2,1H3. The lowest BCUT2D eigenvalue weighted by Gasteiger charge is -2.19. The minimum absolute atomic E-state index is 0.887. The molecule has 2 nitrogen and oxygen atoms in total. The summed E-state index contributed by atoms with van der Waals surface area (Å²) in [5, 5.41) is 1.25. The van der Waals surface area contributed by atoms with Crippen LogP contribution in [0.1, 0.15) is 5.56 Å². The number of anilines is 1. The number of hydrogen-bond acceptors (Lipinski definition) is 1. The topological polar surface area (TPSA) is 19.0 Å². The third-order valence-electron chi connectivity index (χ3n) is 4.38. The van der Waals surface area contributed by atoms with E-state index in [0.717, 1.165) is 6.54 Å². The molecule has 3 aromatic carbocycles. The molecule has 0 aliphatic carbocycles. The Morgan fingerprint density at radius 2 is 1.58 bits per heavy atom. The van der Waals surface area contributed by atoms with Crippen molar-refractivity contribution in [2.24, 2.45) is 0 Å². The van der Waals surface area contributed by atoms with E-state index in [1.807, 2.05) is 6.07 Å². The van der Waals surface area contributed by atoms with Crippen molar-refractivity contribution in [3.63, 3.8) is 0 Å². The van der Waals surface area contributed by atoms with Gasteiger partial charge in [0.1, 0.15) is 0 Å². The highest BCUT2D eigenvalue weighted by Gasteiger charge is 2.06. The first-order valence-corrected chi connectivity index (χ1v) is 8.23. The molecule has 0 aliphatic rings. The van der Waals surface area contributed by atoms with Gasteiger partial charge in [-0.15, -0.1) is 0 Å². The van der Waals surface area contributed by atoms with E-state index in [2.05, 4.69) is 95.8 Å². The molecule has 0 radical (unpaired) electrons. The number of H-pyrrole nitrogens is 1. The highest BCUT2D eigenvalue weighted by molar-refractivity contribution is 5.85. The number of rotatable bonds is 4. The maximum absolute atomic E-state index is 3.51. The summed E-state index contributed by atoms with van der Waals surface area (Å²) in [6, 6.07) is 29.8. The highest BCUT2D eigenvalue weighted by Crippen LogP contribution is 2.25. The van der Waals surface area contributed by atoms with E-state index < -0.39 is 0 Å². The third-order valence-corrected chi connectivity index (χ3v) is 4.38. The molecule has 2 heteroatoms. The van der Waals surface area contributed by atoms with Crippen molar-refractivity contribution in [1.82, 2.24) is 4.98 Å². The maximum atomic E-state index is 3.51. The molecule has 1 aromatic heterocycles. The fourth-order valence-corrected chi connectivity index (χ4v) is 3.11. The zero-order valence-corrected chi connectivity index (χ0v) is 13.7. The predicted molar refractivity (Wildman–Crippen MR) is 102 cm³/mol. The Labute approximate surface area is 142 Å². The van der Waals surface area contributed by atoms with Crippen molar-refractivity contribution >= 4 is 16.6 Å². The molecule has 0 bridgehead atoms. The molecule has 0 atom stereocenters. The average molecular weight is 312 g/mol. The average Bonchev–Trinajstić information content (AvgIpc) is 3.07. The highest BCUT2D eigenvalue weighted by atomic mass is 15.1. The summed E-state index contributed by atoms with van der Waals surface area (Å²) in [6.45, 7) is 0.887. The van der Waals surface area contributed by atoms with Crippen LogP contribution >= 0.6 is 0 Å². The molecule has 0 spiro atoms. The molecule has 0 saturated heterocycles. The van der Waals surface area contributed by atoms with E-state index in [-0.39, 0.29) is 0 Å². The van der Waals surface area contributed by atoms with Gasteiger partial charge in [0.15, 0.2) is 0 Å². The van der Waals surface area contributed by atoms with E-state index in [4.69, 9.17) is 0 Å². The monoisotopic (exact) mass is 312 g/mol. The van der Waals surface area contributed by atoms with Gasteiger partial charge in [-0.3, -0.25) is 0 Å². The van der Waals surface area contributed by atoms with Gasteiger partial charge in [-0.05, 0) is 41.5 Å². The van der Waals surface area contributed by atoms with Gasteiger partial charge in [0.05, 0.1) is 0 Å². The van der Waals surface area contributed by atoms with Crippen LogP contribution in [0.25, 0.3) is 22.2 Å². The number of fused-ring (bicyclic) bond motifs is 1. The summed E-state index contributed by atoms with van der Waals surface area (Å²) in [7, 11) is 2.13. The number of hydrogen-bond donors (Lipinski definition) is 1. The van der Waals surface area contributed by atoms with Gasteiger partial charge >= 0.3 is 0 Å². The van der Waals surface area contributed by atoms with Crippen LogP contribution in [0.4, 0.5) is 5.69 Å². The summed E-state index contributed by atoms with van der Waals surface area (Å²) >= 11 is 0. The van der Waals surface area contributed by atoms with Gasteiger partial charge < -0.3 is 9.88 Å². The molecule has 0 aliphatic heterocycles. The maximum Gasteiger partial charge on any atom is 0.0464 e. The summed E-state index contributed by atoms with van der Waals surface area (Å²) in [4.78, 5) is 5.78. The zero-order chi connectivity index (χ0) is 16.4. The molecule has 24 heavy (non-hydrogen) atoms. The van der Waals surface area contributed by atoms with Crippen LogP contribution in [0.2, 0.25) is 0 Å². The second kappa shape index (κ2) is 6.25. The van der Waals surface area contributed by atoms with E-state index in [9.17, 15) is 0 Å². The fraction of sp³-hybridized carbons (Fsp3) is 0.0909. The number of nitrogens with zero attached hydrogens (tertiary/aromatic N) is 1. The van der Waals surface area contributed by atoms with Crippen molar-refractivity contribution in [1.29, 1.82) is 0 Å². The molecule has 0 amide bonds. The number of para-hydroxylation sites is 2. The van der Waals surface area contributed by atoms with Crippen molar-refractivity contribution < 1.29 is 0 Å². The Bertz CT molecular complexity index is 921. The smallest absolute Gasteiger partial charge is 0.0464 e. The van der Waals surface area contributed by atoms with Gasteiger partial charge in [-0.1, -0.05) is 54.6 Å². The lowest BCUT2D eigenvalue weighted by Crippen LogP contribution is -2.16. The summed E-state index contributed by atoms with van der Waals surface area (Å²) < 4.78 is 0. The van der Waals surface area contributed by atoms with E-state index in [1.54, 1.807) is 0 Å². The van der Waals surface area contributed by atoms with Gasteiger partial charge in [0.25, 0.3) is 0 Å². The molecule has 4 aromatic rings. The fourth-order valence-electron chi connectivity index (χ4n) is 3.11. The zero-order valence-electron chi connectivity index (χ0n) is 13.7. The molecule has 118 valence electrons. The Kier molecular flexibility index (Phi) is 3.80. The van der Waals surface area contributed by atoms with Crippen LogP contribution in [0.15, 0.2) is 84.9 Å². The number of nitrogens with one attached hydrogen (secondary N) is 1. The molecular formula is C22H20N2. The lowest BCUT2D eigenvalue weighted by atomic mass is 10.1. The van der Waals surface area contributed by atoms with E-state index >= 15 is 0 Å². The van der Waals surface area contributed by atoms with E-state index in [0.29, 0.717) is 0 Å². The van der Waals surface area contributed by atoms with Crippen LogP contribution in [0.3, 0.4) is 0 Å². The number of aromatic nitrogens is 1.